The van der Waals surface area contributed by atoms with Gasteiger partial charge in [-0.15, -0.1) is 0 Å². The molecule has 324 valence electrons. The standard InChI is InChI=1S/C46H76NO9P/c1-6-8-10-12-14-15-16-17-18-19-20-21-25-29-33-37-45(49)53-41-44(42-55-57(51,52)54-40-39-47(3,4)5)56-46(50)38-34-30-26-23-22-24-28-32-36-43(48)35-31-27-13-11-9-7-2/h9,11,14-15,17-18,20-21,23-24,26-28,31-32,36,43-44,48H,6-8,10,12-13,16,19,22,25,29-30,33-35,37-42H2,1-5H3/p+1/b11-9-,15-14-,18-17-,21-20-,26-23-,28-24-,31-27-,36-32+/t43?,44-/m1/s1. The first-order valence-corrected chi connectivity index (χ1v) is 22.6. The normalized spacial score (nSPS) is 15.1. The number of quaternary nitrogens is 1. The van der Waals surface area contributed by atoms with Crippen LogP contribution in [0.25, 0.3) is 0 Å². The SMILES string of the molecule is CC/C=C\C/C=C\CC(O)/C=C/C=C\C/C=C\CCCC(=O)O[C@H](COC(=O)CCCC/C=C\C/C=C\C/C=C\CCCCC)COP(=O)(O)OCC[N+](C)(C)C. The van der Waals surface area contributed by atoms with Gasteiger partial charge in [0.05, 0.1) is 33.9 Å². The molecule has 10 nitrogen and oxygen atoms in total. The van der Waals surface area contributed by atoms with Crippen molar-refractivity contribution in [2.75, 3.05) is 47.5 Å². The molecule has 0 spiro atoms. The van der Waals surface area contributed by atoms with Crippen LogP contribution in [0.3, 0.4) is 0 Å². The number of nitrogens with zero attached hydrogens (tertiary/aromatic N) is 1. The molecule has 0 aromatic heterocycles. The second-order valence-electron chi connectivity index (χ2n) is 14.8. The minimum absolute atomic E-state index is 0.00195. The van der Waals surface area contributed by atoms with Crippen LogP contribution < -0.4 is 0 Å². The molecular formula is C46H77NO9P+. The highest BCUT2D eigenvalue weighted by atomic mass is 31.2. The number of hydrogen-bond donors (Lipinski definition) is 2. The third kappa shape index (κ3) is 40.9. The lowest BCUT2D eigenvalue weighted by atomic mass is 10.1. The summed E-state index contributed by atoms with van der Waals surface area (Å²) in [6, 6.07) is 0. The molecule has 0 aliphatic rings. The number of esters is 2. The molecule has 0 radical (unpaired) electrons. The van der Waals surface area contributed by atoms with Crippen molar-refractivity contribution in [2.24, 2.45) is 0 Å². The van der Waals surface area contributed by atoms with Crippen molar-refractivity contribution in [3.63, 3.8) is 0 Å². The zero-order valence-electron chi connectivity index (χ0n) is 35.9. The van der Waals surface area contributed by atoms with Gasteiger partial charge in [0, 0.05) is 12.8 Å². The first-order chi connectivity index (χ1) is 27.4. The van der Waals surface area contributed by atoms with Crippen molar-refractivity contribution in [2.45, 2.75) is 135 Å². The maximum Gasteiger partial charge on any atom is 0.472 e. The minimum Gasteiger partial charge on any atom is -0.462 e. The monoisotopic (exact) mass is 819 g/mol. The highest BCUT2D eigenvalue weighted by Gasteiger charge is 2.27. The molecule has 0 aliphatic carbocycles. The van der Waals surface area contributed by atoms with Gasteiger partial charge in [-0.05, 0) is 83.5 Å². The highest BCUT2D eigenvalue weighted by Crippen LogP contribution is 2.43. The second kappa shape index (κ2) is 37.2. The van der Waals surface area contributed by atoms with Crippen molar-refractivity contribution in [1.82, 2.24) is 0 Å². The highest BCUT2D eigenvalue weighted by molar-refractivity contribution is 7.47. The molecule has 2 unspecified atom stereocenters. The molecule has 2 N–H and O–H groups in total. The van der Waals surface area contributed by atoms with Crippen LogP contribution in [0.4, 0.5) is 0 Å². The third-order valence-corrected chi connectivity index (χ3v) is 9.16. The number of carbonyl (C=O) groups is 2. The van der Waals surface area contributed by atoms with Gasteiger partial charge < -0.3 is 24.0 Å². The average molecular weight is 819 g/mol. The molecule has 11 heteroatoms. The van der Waals surface area contributed by atoms with Crippen LogP contribution in [0, 0.1) is 0 Å². The van der Waals surface area contributed by atoms with Gasteiger partial charge in [-0.2, -0.15) is 0 Å². The minimum atomic E-state index is -4.42. The molecule has 57 heavy (non-hydrogen) atoms. The van der Waals surface area contributed by atoms with E-state index in [1.165, 1.54) is 19.3 Å². The third-order valence-electron chi connectivity index (χ3n) is 8.18. The fraction of sp³-hybridized carbons (Fsp3) is 0.609. The lowest BCUT2D eigenvalue weighted by molar-refractivity contribution is -0.870. The Balaban J connectivity index is 4.65. The Labute approximate surface area is 346 Å². The maximum absolute atomic E-state index is 12.7. The molecule has 0 aromatic carbocycles. The molecule has 0 aromatic rings. The number of phosphoric ester groups is 1. The van der Waals surface area contributed by atoms with Crippen LogP contribution >= 0.6 is 7.82 Å². The molecule has 0 fully saturated rings. The molecule has 0 saturated carbocycles. The van der Waals surface area contributed by atoms with E-state index in [9.17, 15) is 24.2 Å². The lowest BCUT2D eigenvalue weighted by Gasteiger charge is -2.24. The summed E-state index contributed by atoms with van der Waals surface area (Å²) in [6.45, 7) is 4.03. The number of hydrogen-bond acceptors (Lipinski definition) is 8. The van der Waals surface area contributed by atoms with E-state index in [0.717, 1.165) is 44.9 Å². The van der Waals surface area contributed by atoms with Crippen LogP contribution in [0.15, 0.2) is 97.2 Å². The second-order valence-corrected chi connectivity index (χ2v) is 16.3. The zero-order chi connectivity index (χ0) is 42.3. The zero-order valence-corrected chi connectivity index (χ0v) is 36.8. The predicted octanol–water partition coefficient (Wildman–Crippen LogP) is 10.8. The van der Waals surface area contributed by atoms with E-state index >= 15 is 0 Å². The van der Waals surface area contributed by atoms with Crippen molar-refractivity contribution in [3.05, 3.63) is 97.2 Å². The Morgan fingerprint density at radius 3 is 1.84 bits per heavy atom. The fourth-order valence-electron chi connectivity index (χ4n) is 4.84. The van der Waals surface area contributed by atoms with Gasteiger partial charge in [-0.25, -0.2) is 4.57 Å². The summed E-state index contributed by atoms with van der Waals surface area (Å²) >= 11 is 0. The summed E-state index contributed by atoms with van der Waals surface area (Å²) in [5, 5.41) is 10.0. The Morgan fingerprint density at radius 1 is 0.649 bits per heavy atom. The summed E-state index contributed by atoms with van der Waals surface area (Å²) < 4.78 is 34.1. The Bertz CT molecular complexity index is 1310. The number of rotatable bonds is 36. The van der Waals surface area contributed by atoms with Gasteiger partial charge in [0.2, 0.25) is 0 Å². The summed E-state index contributed by atoms with van der Waals surface area (Å²) in [6.07, 6.45) is 45.0. The topological polar surface area (TPSA) is 129 Å². The Kier molecular flexibility index (Phi) is 35.2. The van der Waals surface area contributed by atoms with Crippen LogP contribution in [0.2, 0.25) is 0 Å². The predicted molar refractivity (Wildman–Crippen MR) is 234 cm³/mol. The van der Waals surface area contributed by atoms with Gasteiger partial charge in [0.15, 0.2) is 6.10 Å². The molecule has 0 saturated heterocycles. The number of aliphatic hydroxyl groups excluding tert-OH is 1. The summed E-state index contributed by atoms with van der Waals surface area (Å²) in [5.74, 6) is -0.964. The largest absolute Gasteiger partial charge is 0.472 e. The van der Waals surface area contributed by atoms with Crippen LogP contribution in [0.5, 0.6) is 0 Å². The van der Waals surface area contributed by atoms with Gasteiger partial charge in [-0.1, -0.05) is 124 Å². The Morgan fingerprint density at radius 2 is 1.21 bits per heavy atom. The van der Waals surface area contributed by atoms with Crippen LogP contribution in [0.1, 0.15) is 123 Å². The number of unbranched alkanes of at least 4 members (excludes halogenated alkanes) is 6. The van der Waals surface area contributed by atoms with Gasteiger partial charge in [0.25, 0.3) is 0 Å². The molecule has 0 amide bonds. The summed E-state index contributed by atoms with van der Waals surface area (Å²) in [7, 11) is 1.36. The van der Waals surface area contributed by atoms with Gasteiger partial charge >= 0.3 is 19.8 Å². The molecule has 0 heterocycles. The Hall–Kier alpha value is -3.11. The van der Waals surface area contributed by atoms with E-state index in [4.69, 9.17) is 18.5 Å². The van der Waals surface area contributed by atoms with E-state index in [1.54, 1.807) is 6.08 Å². The van der Waals surface area contributed by atoms with Crippen molar-refractivity contribution in [3.8, 4) is 0 Å². The lowest BCUT2D eigenvalue weighted by Crippen LogP contribution is -2.37. The van der Waals surface area contributed by atoms with Crippen molar-refractivity contribution >= 4 is 19.8 Å². The number of aliphatic hydroxyl groups is 1. The number of allylic oxidation sites excluding steroid dienone is 14. The number of ether oxygens (including phenoxy) is 2. The summed E-state index contributed by atoms with van der Waals surface area (Å²) in [4.78, 5) is 35.3. The van der Waals surface area contributed by atoms with E-state index in [1.807, 2.05) is 63.7 Å². The molecule has 0 aliphatic heterocycles. The number of likely N-dealkylation sites (N-methyl/N-ethyl adjacent to an activating group) is 1. The van der Waals surface area contributed by atoms with Crippen molar-refractivity contribution in [1.29, 1.82) is 0 Å². The maximum atomic E-state index is 12.7. The van der Waals surface area contributed by atoms with E-state index in [0.29, 0.717) is 43.1 Å². The van der Waals surface area contributed by atoms with E-state index in [2.05, 4.69) is 62.5 Å². The van der Waals surface area contributed by atoms with Crippen LogP contribution in [-0.2, 0) is 32.7 Å². The summed E-state index contributed by atoms with van der Waals surface area (Å²) in [5.41, 5.74) is 0. The number of phosphoric acid groups is 1. The van der Waals surface area contributed by atoms with Crippen LogP contribution in [-0.4, -0.2) is 86.1 Å². The van der Waals surface area contributed by atoms with E-state index in [-0.39, 0.29) is 26.1 Å². The van der Waals surface area contributed by atoms with Gasteiger partial charge in [-0.3, -0.25) is 18.6 Å². The molecule has 0 bridgehead atoms. The molecular weight excluding hydrogens is 741 g/mol. The quantitative estimate of drug-likeness (QED) is 0.0159. The average Bonchev–Trinajstić information content (AvgIpc) is 3.15. The molecule has 0 rings (SSSR count). The fourth-order valence-corrected chi connectivity index (χ4v) is 5.59. The smallest absolute Gasteiger partial charge is 0.462 e. The van der Waals surface area contributed by atoms with E-state index < -0.39 is 38.6 Å². The van der Waals surface area contributed by atoms with Gasteiger partial charge in [0.1, 0.15) is 19.8 Å². The first kappa shape index (κ1) is 53.9. The number of carbonyl (C=O) groups excluding carboxylic acids is 2. The van der Waals surface area contributed by atoms with Crippen molar-refractivity contribution < 1.29 is 47.2 Å². The first-order valence-electron chi connectivity index (χ1n) is 21.1. The molecule has 3 atom stereocenters.